The number of aliphatic carboxylic acids is 1. The van der Waals surface area contributed by atoms with Gasteiger partial charge < -0.3 is 15.4 Å². The van der Waals surface area contributed by atoms with Gasteiger partial charge in [-0.3, -0.25) is 14.4 Å². The smallest absolute Gasteiger partial charge is 0.322 e. The number of carbonyl (C=O) groups is 2. The fourth-order valence-electron chi connectivity index (χ4n) is 1.66. The molecule has 0 saturated carbocycles. The molecular formula is C12H16N2O4. The molecule has 1 heterocycles. The van der Waals surface area contributed by atoms with E-state index < -0.39 is 24.0 Å². The molecule has 1 amide bonds. The van der Waals surface area contributed by atoms with Crippen molar-refractivity contribution in [3.05, 3.63) is 33.2 Å². The summed E-state index contributed by atoms with van der Waals surface area (Å²) in [7, 11) is 0. The van der Waals surface area contributed by atoms with Gasteiger partial charge in [-0.15, -0.1) is 0 Å². The van der Waals surface area contributed by atoms with Crippen molar-refractivity contribution in [2.45, 2.75) is 26.7 Å². The highest BCUT2D eigenvalue weighted by molar-refractivity contribution is 5.95. The standard InChI is InChI=1S/C12H16N2O4/c1-3-7-5-8(11(17)13-6-10(15)16)12(18)14-9(7)4-2/h5H,3-4,6H2,1-2H3,(H,13,17)(H,14,18)(H,15,16). The van der Waals surface area contributed by atoms with E-state index in [2.05, 4.69) is 10.3 Å². The van der Waals surface area contributed by atoms with Crippen LogP contribution >= 0.6 is 0 Å². The summed E-state index contributed by atoms with van der Waals surface area (Å²) in [5, 5.41) is 10.6. The fraction of sp³-hybridized carbons (Fsp3) is 0.417. The molecule has 1 aromatic rings. The van der Waals surface area contributed by atoms with Gasteiger partial charge in [0, 0.05) is 5.69 Å². The maximum atomic E-state index is 11.7. The molecule has 0 saturated heterocycles. The maximum absolute atomic E-state index is 11.7. The number of amides is 1. The first-order valence-electron chi connectivity index (χ1n) is 5.74. The van der Waals surface area contributed by atoms with E-state index in [-0.39, 0.29) is 5.56 Å². The predicted molar refractivity (Wildman–Crippen MR) is 65.8 cm³/mol. The van der Waals surface area contributed by atoms with Crippen LogP contribution in [0.5, 0.6) is 0 Å². The Morgan fingerprint density at radius 3 is 2.50 bits per heavy atom. The van der Waals surface area contributed by atoms with Gasteiger partial charge in [0.25, 0.3) is 11.5 Å². The SMILES string of the molecule is CCc1cc(C(=O)NCC(=O)O)c(=O)[nH]c1CC. The van der Waals surface area contributed by atoms with Gasteiger partial charge in [-0.2, -0.15) is 0 Å². The number of rotatable bonds is 5. The van der Waals surface area contributed by atoms with Gasteiger partial charge in [-0.1, -0.05) is 13.8 Å². The lowest BCUT2D eigenvalue weighted by atomic mass is 10.1. The quantitative estimate of drug-likeness (QED) is 0.702. The summed E-state index contributed by atoms with van der Waals surface area (Å²) in [6.45, 7) is 3.33. The Kier molecular flexibility index (Phi) is 4.65. The molecule has 6 nitrogen and oxygen atoms in total. The Morgan fingerprint density at radius 1 is 1.33 bits per heavy atom. The average Bonchev–Trinajstić information content (AvgIpc) is 2.35. The summed E-state index contributed by atoms with van der Waals surface area (Å²) in [6.07, 6.45) is 1.37. The van der Waals surface area contributed by atoms with E-state index in [4.69, 9.17) is 5.11 Å². The lowest BCUT2D eigenvalue weighted by Crippen LogP contribution is -2.33. The number of carbonyl (C=O) groups excluding carboxylic acids is 1. The van der Waals surface area contributed by atoms with E-state index in [1.54, 1.807) is 0 Å². The lowest BCUT2D eigenvalue weighted by Gasteiger charge is -2.08. The molecule has 1 rings (SSSR count). The Morgan fingerprint density at radius 2 is 2.00 bits per heavy atom. The van der Waals surface area contributed by atoms with Crippen molar-refractivity contribution < 1.29 is 14.7 Å². The number of aromatic nitrogens is 1. The zero-order valence-electron chi connectivity index (χ0n) is 10.4. The molecule has 0 atom stereocenters. The highest BCUT2D eigenvalue weighted by Gasteiger charge is 2.14. The van der Waals surface area contributed by atoms with Crippen molar-refractivity contribution in [3.63, 3.8) is 0 Å². The van der Waals surface area contributed by atoms with E-state index in [1.165, 1.54) is 6.07 Å². The van der Waals surface area contributed by atoms with Crippen molar-refractivity contribution in [2.75, 3.05) is 6.54 Å². The third-order valence-electron chi connectivity index (χ3n) is 2.59. The minimum atomic E-state index is -1.15. The number of carboxylic acid groups (broad SMARTS) is 1. The monoisotopic (exact) mass is 252 g/mol. The van der Waals surface area contributed by atoms with Gasteiger partial charge in [0.15, 0.2) is 0 Å². The molecule has 0 spiro atoms. The molecule has 0 aliphatic heterocycles. The Balaban J connectivity index is 3.05. The average molecular weight is 252 g/mol. The zero-order chi connectivity index (χ0) is 13.7. The fourth-order valence-corrected chi connectivity index (χ4v) is 1.66. The number of hydrogen-bond acceptors (Lipinski definition) is 3. The first-order chi connectivity index (χ1) is 8.49. The highest BCUT2D eigenvalue weighted by atomic mass is 16.4. The zero-order valence-corrected chi connectivity index (χ0v) is 10.4. The first kappa shape index (κ1) is 14.0. The van der Waals surface area contributed by atoms with E-state index >= 15 is 0 Å². The molecule has 0 aliphatic rings. The second-order valence-corrected chi connectivity index (χ2v) is 3.80. The van der Waals surface area contributed by atoms with Gasteiger partial charge >= 0.3 is 5.97 Å². The van der Waals surface area contributed by atoms with E-state index in [9.17, 15) is 14.4 Å². The van der Waals surface area contributed by atoms with Gasteiger partial charge in [-0.05, 0) is 24.5 Å². The van der Waals surface area contributed by atoms with Crippen molar-refractivity contribution in [3.8, 4) is 0 Å². The number of nitrogens with one attached hydrogen (secondary N) is 2. The summed E-state index contributed by atoms with van der Waals surface area (Å²) < 4.78 is 0. The maximum Gasteiger partial charge on any atom is 0.322 e. The molecule has 1 aromatic heterocycles. The van der Waals surface area contributed by atoms with Crippen LogP contribution in [0.3, 0.4) is 0 Å². The molecule has 6 heteroatoms. The van der Waals surface area contributed by atoms with Crippen LogP contribution in [0.25, 0.3) is 0 Å². The molecule has 0 aliphatic carbocycles. The normalized spacial score (nSPS) is 10.1. The van der Waals surface area contributed by atoms with E-state index in [0.29, 0.717) is 12.8 Å². The highest BCUT2D eigenvalue weighted by Crippen LogP contribution is 2.07. The largest absolute Gasteiger partial charge is 0.480 e. The molecule has 0 aromatic carbocycles. The molecule has 0 unspecified atom stereocenters. The van der Waals surface area contributed by atoms with Crippen LogP contribution in [-0.2, 0) is 17.6 Å². The summed E-state index contributed by atoms with van der Waals surface area (Å²) in [5.41, 5.74) is 1.15. The molecule has 98 valence electrons. The molecular weight excluding hydrogens is 236 g/mol. The van der Waals surface area contributed by atoms with Crippen molar-refractivity contribution in [1.82, 2.24) is 10.3 Å². The number of carboxylic acids is 1. The van der Waals surface area contributed by atoms with Crippen molar-refractivity contribution in [1.29, 1.82) is 0 Å². The first-order valence-corrected chi connectivity index (χ1v) is 5.74. The summed E-state index contributed by atoms with van der Waals surface area (Å²) in [4.78, 5) is 36.3. The molecule has 18 heavy (non-hydrogen) atoms. The third-order valence-corrected chi connectivity index (χ3v) is 2.59. The topological polar surface area (TPSA) is 99.3 Å². The second-order valence-electron chi connectivity index (χ2n) is 3.80. The number of aromatic amines is 1. The second kappa shape index (κ2) is 6.00. The minimum absolute atomic E-state index is 0.0506. The van der Waals surface area contributed by atoms with Gasteiger partial charge in [0.2, 0.25) is 0 Å². The van der Waals surface area contributed by atoms with Crippen LogP contribution in [0.2, 0.25) is 0 Å². The molecule has 0 fully saturated rings. The minimum Gasteiger partial charge on any atom is -0.480 e. The molecule has 3 N–H and O–H groups in total. The third kappa shape index (κ3) is 3.19. The Bertz CT molecular complexity index is 519. The number of aryl methyl sites for hydroxylation is 2. The van der Waals surface area contributed by atoms with Crippen LogP contribution in [0.15, 0.2) is 10.9 Å². The number of hydrogen-bond donors (Lipinski definition) is 3. The summed E-state index contributed by atoms with van der Waals surface area (Å²) in [5.74, 6) is -1.82. The molecule has 0 bridgehead atoms. The predicted octanol–water partition coefficient (Wildman–Crippen LogP) is 0.314. The van der Waals surface area contributed by atoms with Crippen molar-refractivity contribution >= 4 is 11.9 Å². The van der Waals surface area contributed by atoms with E-state index in [1.807, 2.05) is 13.8 Å². The lowest BCUT2D eigenvalue weighted by molar-refractivity contribution is -0.135. The Hall–Kier alpha value is -2.11. The molecule has 0 radical (unpaired) electrons. The number of H-pyrrole nitrogens is 1. The summed E-state index contributed by atoms with van der Waals surface area (Å²) in [6, 6.07) is 1.52. The van der Waals surface area contributed by atoms with E-state index in [0.717, 1.165) is 11.3 Å². The van der Waals surface area contributed by atoms with Crippen molar-refractivity contribution in [2.24, 2.45) is 0 Å². The number of pyridine rings is 1. The van der Waals surface area contributed by atoms with Crippen LogP contribution in [0.1, 0.15) is 35.5 Å². The van der Waals surface area contributed by atoms with Crippen LogP contribution in [0.4, 0.5) is 0 Å². The van der Waals surface area contributed by atoms with Gasteiger partial charge in [0.05, 0.1) is 0 Å². The van der Waals surface area contributed by atoms with Crippen LogP contribution < -0.4 is 10.9 Å². The Labute approximate surface area is 104 Å². The van der Waals surface area contributed by atoms with Gasteiger partial charge in [-0.25, -0.2) is 0 Å². The summed E-state index contributed by atoms with van der Waals surface area (Å²) >= 11 is 0. The van der Waals surface area contributed by atoms with Crippen LogP contribution in [-0.4, -0.2) is 28.5 Å². The van der Waals surface area contributed by atoms with Gasteiger partial charge in [0.1, 0.15) is 12.1 Å². The van der Waals surface area contributed by atoms with Crippen LogP contribution in [0, 0.1) is 0 Å².